The predicted octanol–water partition coefficient (Wildman–Crippen LogP) is 3.51. The molecule has 92 valence electrons. The summed E-state index contributed by atoms with van der Waals surface area (Å²) >= 11 is 0. The van der Waals surface area contributed by atoms with Gasteiger partial charge < -0.3 is 4.90 Å². The molecule has 0 heterocycles. The number of hydrogen-bond donors (Lipinski definition) is 0. The number of nitriles is 2. The lowest BCUT2D eigenvalue weighted by Gasteiger charge is -2.22. The number of aryl methyl sites for hydroxylation is 1. The molecule has 0 bridgehead atoms. The molecule has 0 fully saturated rings. The van der Waals surface area contributed by atoms with Gasteiger partial charge in [0, 0.05) is 7.05 Å². The van der Waals surface area contributed by atoms with Crippen LogP contribution in [0.5, 0.6) is 0 Å². The zero-order valence-electron chi connectivity index (χ0n) is 10.9. The van der Waals surface area contributed by atoms with Crippen LogP contribution in [0.3, 0.4) is 0 Å². The Labute approximate surface area is 112 Å². The second-order valence-corrected chi connectivity index (χ2v) is 4.32. The van der Waals surface area contributed by atoms with Gasteiger partial charge in [0.15, 0.2) is 0 Å². The smallest absolute Gasteiger partial charge is 0.101 e. The number of nitrogens with zero attached hydrogens (tertiary/aromatic N) is 3. The molecule has 0 spiro atoms. The Kier molecular flexibility index (Phi) is 3.50. The van der Waals surface area contributed by atoms with E-state index < -0.39 is 0 Å². The maximum Gasteiger partial charge on any atom is 0.101 e. The van der Waals surface area contributed by atoms with Crippen molar-refractivity contribution in [2.45, 2.75) is 6.92 Å². The van der Waals surface area contributed by atoms with E-state index in [1.165, 1.54) is 0 Å². The lowest BCUT2D eigenvalue weighted by Crippen LogP contribution is -2.12. The highest BCUT2D eigenvalue weighted by Gasteiger charge is 2.12. The van der Waals surface area contributed by atoms with Crippen molar-refractivity contribution in [3.05, 3.63) is 59.2 Å². The fourth-order valence-electron chi connectivity index (χ4n) is 2.02. The van der Waals surface area contributed by atoms with Crippen molar-refractivity contribution in [2.24, 2.45) is 0 Å². The summed E-state index contributed by atoms with van der Waals surface area (Å²) in [4.78, 5) is 1.87. The highest BCUT2D eigenvalue weighted by molar-refractivity contribution is 5.73. The van der Waals surface area contributed by atoms with E-state index in [-0.39, 0.29) is 0 Å². The Bertz CT molecular complexity index is 690. The summed E-state index contributed by atoms with van der Waals surface area (Å²) in [6.07, 6.45) is 0. The standard InChI is InChI=1S/C16H13N3/c1-12-7-8-16(14(9-12)11-18)19(2)15-6-4-3-5-13(15)10-17/h3-9H,1-2H3. The van der Waals surface area contributed by atoms with Crippen molar-refractivity contribution in [3.63, 3.8) is 0 Å². The molecule has 0 aliphatic heterocycles. The van der Waals surface area contributed by atoms with Crippen LogP contribution in [-0.2, 0) is 0 Å². The molecule has 3 heteroatoms. The minimum absolute atomic E-state index is 0.592. The average Bonchev–Trinajstić information content (AvgIpc) is 2.46. The van der Waals surface area contributed by atoms with E-state index in [4.69, 9.17) is 5.26 Å². The van der Waals surface area contributed by atoms with E-state index in [1.54, 1.807) is 6.07 Å². The van der Waals surface area contributed by atoms with Crippen molar-refractivity contribution in [3.8, 4) is 12.1 Å². The van der Waals surface area contributed by atoms with Gasteiger partial charge in [0.2, 0.25) is 0 Å². The van der Waals surface area contributed by atoms with Crippen molar-refractivity contribution in [2.75, 3.05) is 11.9 Å². The largest absolute Gasteiger partial charge is 0.342 e. The van der Waals surface area contributed by atoms with Crippen LogP contribution >= 0.6 is 0 Å². The zero-order chi connectivity index (χ0) is 13.8. The Morgan fingerprint density at radius 3 is 2.21 bits per heavy atom. The molecule has 0 saturated heterocycles. The molecule has 0 aromatic heterocycles. The van der Waals surface area contributed by atoms with Crippen LogP contribution in [0, 0.1) is 29.6 Å². The Balaban J connectivity index is 2.54. The SMILES string of the molecule is Cc1ccc(N(C)c2ccccc2C#N)c(C#N)c1. The molecule has 0 aliphatic carbocycles. The molecular weight excluding hydrogens is 234 g/mol. The molecule has 2 aromatic rings. The minimum Gasteiger partial charge on any atom is -0.342 e. The van der Waals surface area contributed by atoms with E-state index in [2.05, 4.69) is 12.1 Å². The third-order valence-corrected chi connectivity index (χ3v) is 3.02. The third kappa shape index (κ3) is 2.41. The van der Waals surface area contributed by atoms with Crippen LogP contribution in [0.15, 0.2) is 42.5 Å². The summed E-state index contributed by atoms with van der Waals surface area (Å²) in [6.45, 7) is 1.95. The normalized spacial score (nSPS) is 9.47. The van der Waals surface area contributed by atoms with Crippen LogP contribution in [0.4, 0.5) is 11.4 Å². The monoisotopic (exact) mass is 247 g/mol. The topological polar surface area (TPSA) is 50.8 Å². The lowest BCUT2D eigenvalue weighted by atomic mass is 10.1. The number of para-hydroxylation sites is 1. The van der Waals surface area contributed by atoms with Gasteiger partial charge in [-0.15, -0.1) is 0 Å². The third-order valence-electron chi connectivity index (χ3n) is 3.02. The number of hydrogen-bond acceptors (Lipinski definition) is 3. The van der Waals surface area contributed by atoms with Crippen molar-refractivity contribution in [1.29, 1.82) is 10.5 Å². The summed E-state index contributed by atoms with van der Waals surface area (Å²) in [5.74, 6) is 0. The molecule has 3 nitrogen and oxygen atoms in total. The van der Waals surface area contributed by atoms with Gasteiger partial charge in [-0.3, -0.25) is 0 Å². The van der Waals surface area contributed by atoms with Crippen LogP contribution in [0.2, 0.25) is 0 Å². The fourth-order valence-corrected chi connectivity index (χ4v) is 2.02. The first-order valence-electron chi connectivity index (χ1n) is 5.91. The van der Waals surface area contributed by atoms with Gasteiger partial charge in [0.05, 0.1) is 22.5 Å². The van der Waals surface area contributed by atoms with Gasteiger partial charge >= 0.3 is 0 Å². The molecule has 0 unspecified atom stereocenters. The summed E-state index contributed by atoms with van der Waals surface area (Å²) in [5.41, 5.74) is 3.84. The van der Waals surface area contributed by atoms with E-state index >= 15 is 0 Å². The predicted molar refractivity (Wildman–Crippen MR) is 75.1 cm³/mol. The van der Waals surface area contributed by atoms with Crippen LogP contribution < -0.4 is 4.90 Å². The Hall–Kier alpha value is -2.78. The van der Waals surface area contributed by atoms with Gasteiger partial charge in [0.1, 0.15) is 12.1 Å². The number of benzene rings is 2. The number of rotatable bonds is 2. The molecular formula is C16H13N3. The molecule has 0 aliphatic rings. The van der Waals surface area contributed by atoms with E-state index in [0.29, 0.717) is 11.1 Å². The first-order chi connectivity index (χ1) is 9.17. The summed E-state index contributed by atoms with van der Waals surface area (Å²) in [7, 11) is 1.86. The minimum atomic E-state index is 0.592. The quantitative estimate of drug-likeness (QED) is 0.816. The van der Waals surface area contributed by atoms with Gasteiger partial charge in [-0.2, -0.15) is 10.5 Å². The Morgan fingerprint density at radius 2 is 1.53 bits per heavy atom. The van der Waals surface area contributed by atoms with Crippen molar-refractivity contribution >= 4 is 11.4 Å². The van der Waals surface area contributed by atoms with Crippen LogP contribution in [0.25, 0.3) is 0 Å². The summed E-state index contributed by atoms with van der Waals surface area (Å²) < 4.78 is 0. The van der Waals surface area contributed by atoms with E-state index in [1.807, 2.05) is 55.3 Å². The number of anilines is 2. The van der Waals surface area contributed by atoms with Gasteiger partial charge in [-0.1, -0.05) is 18.2 Å². The molecule has 2 rings (SSSR count). The van der Waals surface area contributed by atoms with E-state index in [9.17, 15) is 5.26 Å². The zero-order valence-corrected chi connectivity index (χ0v) is 10.9. The summed E-state index contributed by atoms with van der Waals surface area (Å²) in [6, 6.07) is 17.4. The molecule has 2 aromatic carbocycles. The summed E-state index contributed by atoms with van der Waals surface area (Å²) in [5, 5.41) is 18.4. The molecule has 0 radical (unpaired) electrons. The van der Waals surface area contributed by atoms with Crippen molar-refractivity contribution < 1.29 is 0 Å². The second-order valence-electron chi connectivity index (χ2n) is 4.32. The molecule has 0 saturated carbocycles. The molecule has 0 amide bonds. The molecule has 19 heavy (non-hydrogen) atoms. The van der Waals surface area contributed by atoms with Crippen LogP contribution in [-0.4, -0.2) is 7.05 Å². The fraction of sp³-hybridized carbons (Fsp3) is 0.125. The van der Waals surface area contributed by atoms with Gasteiger partial charge in [-0.25, -0.2) is 0 Å². The highest BCUT2D eigenvalue weighted by atomic mass is 15.1. The van der Waals surface area contributed by atoms with Gasteiger partial charge in [-0.05, 0) is 36.8 Å². The lowest BCUT2D eigenvalue weighted by molar-refractivity contribution is 1.19. The average molecular weight is 247 g/mol. The maximum absolute atomic E-state index is 9.22. The first kappa shape index (κ1) is 12.7. The van der Waals surface area contributed by atoms with Crippen molar-refractivity contribution in [1.82, 2.24) is 0 Å². The Morgan fingerprint density at radius 1 is 0.895 bits per heavy atom. The highest BCUT2D eigenvalue weighted by Crippen LogP contribution is 2.29. The second kappa shape index (κ2) is 5.25. The van der Waals surface area contributed by atoms with Gasteiger partial charge in [0.25, 0.3) is 0 Å². The van der Waals surface area contributed by atoms with Crippen LogP contribution in [0.1, 0.15) is 16.7 Å². The maximum atomic E-state index is 9.22. The molecule has 0 N–H and O–H groups in total. The molecule has 0 atom stereocenters. The van der Waals surface area contributed by atoms with E-state index in [0.717, 1.165) is 16.9 Å². The first-order valence-corrected chi connectivity index (χ1v) is 5.91.